The second-order valence-corrected chi connectivity index (χ2v) is 4.98. The van der Waals surface area contributed by atoms with Crippen molar-refractivity contribution in [2.45, 2.75) is 13.8 Å². The predicted octanol–water partition coefficient (Wildman–Crippen LogP) is 3.44. The molecule has 0 heterocycles. The lowest BCUT2D eigenvalue weighted by Gasteiger charge is -2.14. The third-order valence-corrected chi connectivity index (χ3v) is 3.01. The molecule has 0 aliphatic carbocycles. The van der Waals surface area contributed by atoms with E-state index in [1.165, 1.54) is 7.11 Å². The van der Waals surface area contributed by atoms with Crippen LogP contribution < -0.4 is 4.74 Å². The molecule has 0 aliphatic rings. The van der Waals surface area contributed by atoms with Crippen molar-refractivity contribution in [3.8, 4) is 11.8 Å². The Labute approximate surface area is 110 Å². The topological polar surface area (TPSA) is 50.1 Å². The molecule has 0 radical (unpaired) electrons. The molecular weight excluding hydrogens is 282 g/mol. The maximum absolute atomic E-state index is 12.2. The Morgan fingerprint density at radius 3 is 2.59 bits per heavy atom. The van der Waals surface area contributed by atoms with Gasteiger partial charge in [0.15, 0.2) is 5.78 Å². The number of carbonyl (C=O) groups excluding carboxylic acids is 1. The monoisotopic (exact) mass is 295 g/mol. The van der Waals surface area contributed by atoms with E-state index in [1.807, 2.05) is 13.8 Å². The van der Waals surface area contributed by atoms with Crippen LogP contribution >= 0.6 is 15.9 Å². The lowest BCUT2D eigenvalue weighted by atomic mass is 9.89. The van der Waals surface area contributed by atoms with Crippen molar-refractivity contribution < 1.29 is 9.53 Å². The van der Waals surface area contributed by atoms with Gasteiger partial charge in [-0.15, -0.1) is 0 Å². The third-order valence-electron chi connectivity index (χ3n) is 2.52. The molecular formula is C13H14BrNO2. The Morgan fingerprint density at radius 2 is 2.12 bits per heavy atom. The first kappa shape index (κ1) is 13.7. The van der Waals surface area contributed by atoms with Crippen molar-refractivity contribution in [3.05, 3.63) is 28.2 Å². The van der Waals surface area contributed by atoms with E-state index in [0.29, 0.717) is 11.3 Å². The van der Waals surface area contributed by atoms with Crippen molar-refractivity contribution in [3.63, 3.8) is 0 Å². The molecule has 4 heteroatoms. The number of carbonyl (C=O) groups is 1. The summed E-state index contributed by atoms with van der Waals surface area (Å²) >= 11 is 3.31. The zero-order chi connectivity index (χ0) is 13.0. The van der Waals surface area contributed by atoms with Gasteiger partial charge in [-0.3, -0.25) is 4.79 Å². The summed E-state index contributed by atoms with van der Waals surface area (Å²) in [7, 11) is 1.51. The van der Waals surface area contributed by atoms with E-state index in [4.69, 9.17) is 10.00 Å². The minimum atomic E-state index is -0.641. The Morgan fingerprint density at radius 1 is 1.47 bits per heavy atom. The molecule has 1 unspecified atom stereocenters. The number of benzene rings is 1. The number of nitrogens with zero attached hydrogens (tertiary/aromatic N) is 1. The van der Waals surface area contributed by atoms with Crippen LogP contribution in [0.1, 0.15) is 24.2 Å². The average molecular weight is 296 g/mol. The largest absolute Gasteiger partial charge is 0.496 e. The van der Waals surface area contributed by atoms with Crippen LogP contribution in [-0.4, -0.2) is 12.9 Å². The molecule has 0 fully saturated rings. The molecule has 1 aromatic carbocycles. The van der Waals surface area contributed by atoms with Crippen LogP contribution in [0.15, 0.2) is 22.7 Å². The highest BCUT2D eigenvalue weighted by Crippen LogP contribution is 2.27. The van der Waals surface area contributed by atoms with Gasteiger partial charge in [-0.25, -0.2) is 0 Å². The van der Waals surface area contributed by atoms with E-state index in [-0.39, 0.29) is 11.7 Å². The van der Waals surface area contributed by atoms with E-state index in [1.54, 1.807) is 18.2 Å². The number of ketones is 1. The minimum Gasteiger partial charge on any atom is -0.496 e. The second kappa shape index (κ2) is 5.83. The van der Waals surface area contributed by atoms with Gasteiger partial charge in [-0.05, 0) is 24.1 Å². The molecule has 0 amide bonds. The van der Waals surface area contributed by atoms with E-state index in [9.17, 15) is 4.79 Å². The van der Waals surface area contributed by atoms with Gasteiger partial charge < -0.3 is 4.74 Å². The molecule has 0 spiro atoms. The molecule has 1 aromatic rings. The molecule has 1 atom stereocenters. The maximum Gasteiger partial charge on any atom is 0.184 e. The lowest BCUT2D eigenvalue weighted by Crippen LogP contribution is -2.19. The van der Waals surface area contributed by atoms with Crippen molar-refractivity contribution in [2.75, 3.05) is 7.11 Å². The number of halogens is 1. The van der Waals surface area contributed by atoms with E-state index in [0.717, 1.165) is 4.47 Å². The summed E-state index contributed by atoms with van der Waals surface area (Å²) in [6.07, 6.45) is 0. The van der Waals surface area contributed by atoms with Gasteiger partial charge in [0.05, 0.1) is 18.7 Å². The van der Waals surface area contributed by atoms with Crippen LogP contribution in [0.2, 0.25) is 0 Å². The standard InChI is InChI=1S/C13H14BrNO2/c1-8(2)11(7-15)13(16)10-6-9(14)4-5-12(10)17-3/h4-6,8,11H,1-3H3. The fourth-order valence-corrected chi connectivity index (χ4v) is 1.91. The highest BCUT2D eigenvalue weighted by atomic mass is 79.9. The summed E-state index contributed by atoms with van der Waals surface area (Å²) in [6.45, 7) is 3.71. The minimum absolute atomic E-state index is 0.0174. The Hall–Kier alpha value is -1.34. The lowest BCUT2D eigenvalue weighted by molar-refractivity contribution is 0.0921. The quantitative estimate of drug-likeness (QED) is 0.800. The van der Waals surface area contributed by atoms with Crippen LogP contribution in [0.25, 0.3) is 0 Å². The summed E-state index contributed by atoms with van der Waals surface area (Å²) in [5.74, 6) is -0.353. The fourth-order valence-electron chi connectivity index (χ4n) is 1.55. The van der Waals surface area contributed by atoms with Crippen LogP contribution in [0, 0.1) is 23.2 Å². The molecule has 0 aromatic heterocycles. The maximum atomic E-state index is 12.2. The van der Waals surface area contributed by atoms with Crippen molar-refractivity contribution in [2.24, 2.45) is 11.8 Å². The van der Waals surface area contributed by atoms with Gasteiger partial charge in [-0.1, -0.05) is 29.8 Å². The molecule has 3 nitrogen and oxygen atoms in total. The van der Waals surface area contributed by atoms with Crippen molar-refractivity contribution >= 4 is 21.7 Å². The molecule has 17 heavy (non-hydrogen) atoms. The van der Waals surface area contributed by atoms with Crippen LogP contribution in [0.3, 0.4) is 0 Å². The number of rotatable bonds is 4. The average Bonchev–Trinajstić information content (AvgIpc) is 2.29. The Balaban J connectivity index is 3.19. The summed E-state index contributed by atoms with van der Waals surface area (Å²) in [5, 5.41) is 9.04. The highest BCUT2D eigenvalue weighted by molar-refractivity contribution is 9.10. The predicted molar refractivity (Wildman–Crippen MR) is 69.0 cm³/mol. The van der Waals surface area contributed by atoms with Crippen LogP contribution in [0.4, 0.5) is 0 Å². The molecule has 0 bridgehead atoms. The summed E-state index contributed by atoms with van der Waals surface area (Å²) < 4.78 is 5.94. The number of methoxy groups -OCH3 is 1. The van der Waals surface area contributed by atoms with Crippen molar-refractivity contribution in [1.29, 1.82) is 5.26 Å². The highest BCUT2D eigenvalue weighted by Gasteiger charge is 2.25. The van der Waals surface area contributed by atoms with Gasteiger partial charge in [0.2, 0.25) is 0 Å². The number of ether oxygens (including phenoxy) is 1. The number of hydrogen-bond acceptors (Lipinski definition) is 3. The van der Waals surface area contributed by atoms with Gasteiger partial charge >= 0.3 is 0 Å². The number of hydrogen-bond donors (Lipinski definition) is 0. The molecule has 0 N–H and O–H groups in total. The Bertz CT molecular complexity index is 463. The smallest absolute Gasteiger partial charge is 0.184 e. The molecule has 0 saturated heterocycles. The summed E-state index contributed by atoms with van der Waals surface area (Å²) in [5.41, 5.74) is 0.446. The molecule has 90 valence electrons. The number of nitriles is 1. The van der Waals surface area contributed by atoms with Gasteiger partial charge in [0.1, 0.15) is 11.7 Å². The normalized spacial score (nSPS) is 12.0. The third kappa shape index (κ3) is 3.07. The van der Waals surface area contributed by atoms with Crippen molar-refractivity contribution in [1.82, 2.24) is 0 Å². The second-order valence-electron chi connectivity index (χ2n) is 4.06. The first-order valence-electron chi connectivity index (χ1n) is 5.28. The fraction of sp³-hybridized carbons (Fsp3) is 0.385. The summed E-state index contributed by atoms with van der Waals surface area (Å²) in [4.78, 5) is 12.2. The SMILES string of the molecule is COc1ccc(Br)cc1C(=O)C(C#N)C(C)C. The van der Waals surface area contributed by atoms with Crippen LogP contribution in [-0.2, 0) is 0 Å². The van der Waals surface area contributed by atoms with E-state index in [2.05, 4.69) is 22.0 Å². The molecule has 0 aliphatic heterocycles. The first-order valence-corrected chi connectivity index (χ1v) is 6.08. The van der Waals surface area contributed by atoms with Crippen LogP contribution in [0.5, 0.6) is 5.75 Å². The zero-order valence-electron chi connectivity index (χ0n) is 10.0. The first-order chi connectivity index (χ1) is 8.01. The van der Waals surface area contributed by atoms with Gasteiger partial charge in [-0.2, -0.15) is 5.26 Å². The van der Waals surface area contributed by atoms with Gasteiger partial charge in [0.25, 0.3) is 0 Å². The Kier molecular flexibility index (Phi) is 4.71. The molecule has 0 saturated carbocycles. The molecule has 1 rings (SSSR count). The zero-order valence-corrected chi connectivity index (χ0v) is 11.6. The van der Waals surface area contributed by atoms with E-state index >= 15 is 0 Å². The van der Waals surface area contributed by atoms with Gasteiger partial charge in [0, 0.05) is 4.47 Å². The number of Topliss-reactive ketones (excluding diaryl/α,β-unsaturated/α-hetero) is 1. The van der Waals surface area contributed by atoms with E-state index < -0.39 is 5.92 Å². The summed E-state index contributed by atoms with van der Waals surface area (Å²) in [6, 6.07) is 7.25.